The van der Waals surface area contributed by atoms with Crippen LogP contribution in [0.1, 0.15) is 5.56 Å². The second kappa shape index (κ2) is 7.72. The quantitative estimate of drug-likeness (QED) is 0.293. The molecule has 0 aliphatic carbocycles. The molecule has 0 amide bonds. The Morgan fingerprint density at radius 1 is 0.929 bits per heavy atom. The fourth-order valence-electron chi connectivity index (χ4n) is 2.02. The first-order valence-electron chi connectivity index (χ1n) is 6.98. The van der Waals surface area contributed by atoms with E-state index in [4.69, 9.17) is 4.55 Å². The van der Waals surface area contributed by atoms with Crippen molar-refractivity contribution in [1.82, 2.24) is 0 Å². The number of nitro groups is 3. The molecule has 28 heavy (non-hydrogen) atoms. The van der Waals surface area contributed by atoms with Crippen LogP contribution in [0.15, 0.2) is 46.4 Å². The Morgan fingerprint density at radius 3 is 1.82 bits per heavy atom. The summed E-state index contributed by atoms with van der Waals surface area (Å²) in [5.74, 6) is 0. The maximum atomic E-state index is 11.1. The largest absolute Gasteiger partial charge is 0.294 e. The fraction of sp³-hybridized carbons (Fsp3) is 0. The summed E-state index contributed by atoms with van der Waals surface area (Å²) >= 11 is 0. The average molecular weight is 411 g/mol. The highest BCUT2D eigenvalue weighted by Gasteiger charge is 2.29. The van der Waals surface area contributed by atoms with Gasteiger partial charge in [0.25, 0.3) is 27.2 Å². The molecular formula is C13H9N5O9S. The van der Waals surface area contributed by atoms with E-state index in [2.05, 4.69) is 10.5 Å². The molecule has 0 aliphatic rings. The van der Waals surface area contributed by atoms with E-state index in [0.29, 0.717) is 12.1 Å². The Balaban J connectivity index is 2.40. The number of nitrogens with zero attached hydrogens (tertiary/aromatic N) is 4. The van der Waals surface area contributed by atoms with Crippen molar-refractivity contribution in [3.63, 3.8) is 0 Å². The highest BCUT2D eigenvalue weighted by Crippen LogP contribution is 2.32. The lowest BCUT2D eigenvalue weighted by molar-refractivity contribution is -0.403. The number of hydrogen-bond donors (Lipinski definition) is 2. The molecule has 0 aliphatic heterocycles. The third-order valence-corrected chi connectivity index (χ3v) is 4.13. The average Bonchev–Trinajstić information content (AvgIpc) is 2.60. The molecule has 0 saturated carbocycles. The molecule has 0 saturated heterocycles. The van der Waals surface area contributed by atoms with Gasteiger partial charge in [-0.25, -0.2) is 0 Å². The number of nitrogens with one attached hydrogen (secondary N) is 1. The van der Waals surface area contributed by atoms with Crippen LogP contribution in [-0.2, 0) is 10.1 Å². The van der Waals surface area contributed by atoms with Crippen molar-refractivity contribution >= 4 is 39.1 Å². The van der Waals surface area contributed by atoms with Gasteiger partial charge in [-0.3, -0.25) is 40.3 Å². The minimum absolute atomic E-state index is 0.191. The zero-order valence-corrected chi connectivity index (χ0v) is 14.3. The molecule has 0 radical (unpaired) electrons. The molecule has 2 N–H and O–H groups in total. The number of benzene rings is 2. The summed E-state index contributed by atoms with van der Waals surface area (Å²) in [5, 5.41) is 36.7. The Labute approximate surface area is 155 Å². The van der Waals surface area contributed by atoms with E-state index in [0.717, 1.165) is 18.3 Å². The Kier molecular flexibility index (Phi) is 5.61. The SMILES string of the molecule is O=[N+]([O-])c1cc([N+](=O)[O-])c(/C=N/Nc2ccc(S(=O)(=O)O)cc2)c([N+](=O)[O-])c1. The van der Waals surface area contributed by atoms with Crippen LogP contribution in [0.5, 0.6) is 0 Å². The minimum Gasteiger partial charge on any atom is -0.282 e. The number of hydrazone groups is 1. The molecule has 0 spiro atoms. The molecule has 0 fully saturated rings. The van der Waals surface area contributed by atoms with Gasteiger partial charge in [0.15, 0.2) is 5.56 Å². The van der Waals surface area contributed by atoms with Gasteiger partial charge in [-0.1, -0.05) is 0 Å². The highest BCUT2D eigenvalue weighted by atomic mass is 32.2. The lowest BCUT2D eigenvalue weighted by Crippen LogP contribution is -2.03. The zero-order valence-electron chi connectivity index (χ0n) is 13.5. The molecule has 0 bridgehead atoms. The molecule has 146 valence electrons. The van der Waals surface area contributed by atoms with E-state index in [9.17, 15) is 38.8 Å². The molecule has 2 aromatic carbocycles. The molecule has 14 nitrogen and oxygen atoms in total. The lowest BCUT2D eigenvalue weighted by atomic mass is 10.1. The van der Waals surface area contributed by atoms with E-state index in [1.54, 1.807) is 0 Å². The number of anilines is 1. The smallest absolute Gasteiger partial charge is 0.282 e. The van der Waals surface area contributed by atoms with Crippen molar-refractivity contribution in [3.8, 4) is 0 Å². The summed E-state index contributed by atoms with van der Waals surface area (Å²) < 4.78 is 30.8. The molecule has 2 rings (SSSR count). The summed E-state index contributed by atoms with van der Waals surface area (Å²) in [6, 6.07) is 5.64. The standard InChI is InChI=1S/C13H9N5O9S/c19-16(20)9-5-12(17(21)22)11(13(6-9)18(23)24)7-14-15-8-1-3-10(4-2-8)28(25,26)27/h1-7,15H,(H,25,26,27)/b14-7+. The van der Waals surface area contributed by atoms with Gasteiger partial charge in [0.1, 0.15) is 0 Å². The number of hydrogen-bond acceptors (Lipinski definition) is 10. The van der Waals surface area contributed by atoms with Crippen molar-refractivity contribution in [1.29, 1.82) is 0 Å². The highest BCUT2D eigenvalue weighted by molar-refractivity contribution is 7.85. The third-order valence-electron chi connectivity index (χ3n) is 3.26. The minimum atomic E-state index is -4.40. The van der Waals surface area contributed by atoms with E-state index in [-0.39, 0.29) is 10.6 Å². The van der Waals surface area contributed by atoms with Crippen molar-refractivity contribution < 1.29 is 27.7 Å². The van der Waals surface area contributed by atoms with Gasteiger partial charge < -0.3 is 0 Å². The molecule has 2 aromatic rings. The summed E-state index contributed by atoms with van der Waals surface area (Å²) in [5.41, 5.74) is -0.655. The zero-order chi connectivity index (χ0) is 21.1. The Bertz CT molecular complexity index is 1060. The first kappa shape index (κ1) is 20.3. The van der Waals surface area contributed by atoms with Crippen molar-refractivity contribution in [2.45, 2.75) is 4.90 Å². The van der Waals surface area contributed by atoms with Crippen molar-refractivity contribution in [2.24, 2.45) is 5.10 Å². The second-order valence-corrected chi connectivity index (χ2v) is 6.46. The van der Waals surface area contributed by atoms with E-state index in [1.165, 1.54) is 12.1 Å². The third kappa shape index (κ3) is 4.59. The van der Waals surface area contributed by atoms with Crippen molar-refractivity contribution in [2.75, 3.05) is 5.43 Å². The van der Waals surface area contributed by atoms with Crippen molar-refractivity contribution in [3.05, 3.63) is 72.3 Å². The van der Waals surface area contributed by atoms with Crippen LogP contribution in [0.3, 0.4) is 0 Å². The van der Waals surface area contributed by atoms with E-state index < -0.39 is 47.5 Å². The van der Waals surface area contributed by atoms with Crippen LogP contribution in [-0.4, -0.2) is 34.0 Å². The topological polar surface area (TPSA) is 208 Å². The first-order valence-corrected chi connectivity index (χ1v) is 8.42. The monoisotopic (exact) mass is 411 g/mol. The Morgan fingerprint density at radius 2 is 1.43 bits per heavy atom. The van der Waals surface area contributed by atoms with Crippen LogP contribution >= 0.6 is 0 Å². The van der Waals surface area contributed by atoms with E-state index >= 15 is 0 Å². The van der Waals surface area contributed by atoms with Crippen LogP contribution in [0, 0.1) is 30.3 Å². The molecule has 0 atom stereocenters. The van der Waals surface area contributed by atoms with Crippen LogP contribution in [0.2, 0.25) is 0 Å². The fourth-order valence-corrected chi connectivity index (χ4v) is 2.50. The predicted molar refractivity (Wildman–Crippen MR) is 93.9 cm³/mol. The lowest BCUT2D eigenvalue weighted by Gasteiger charge is -2.02. The molecule has 0 heterocycles. The number of non-ortho nitro benzene ring substituents is 1. The summed E-state index contributed by atoms with van der Waals surface area (Å²) in [7, 11) is -4.40. The maximum Gasteiger partial charge on any atom is 0.294 e. The van der Waals surface area contributed by atoms with E-state index in [1.807, 2.05) is 0 Å². The second-order valence-electron chi connectivity index (χ2n) is 5.04. The normalized spacial score (nSPS) is 11.3. The van der Waals surface area contributed by atoms with Gasteiger partial charge >= 0.3 is 0 Å². The summed E-state index contributed by atoms with van der Waals surface area (Å²) in [6.45, 7) is 0. The van der Waals surface area contributed by atoms with Gasteiger partial charge in [0.05, 0.1) is 43.7 Å². The van der Waals surface area contributed by atoms with Crippen LogP contribution in [0.25, 0.3) is 0 Å². The molecular weight excluding hydrogens is 402 g/mol. The van der Waals surface area contributed by atoms with Crippen LogP contribution in [0.4, 0.5) is 22.7 Å². The van der Waals surface area contributed by atoms with Crippen LogP contribution < -0.4 is 5.43 Å². The first-order chi connectivity index (χ1) is 13.0. The Hall–Kier alpha value is -3.98. The van der Waals surface area contributed by atoms with Gasteiger partial charge in [-0.15, -0.1) is 0 Å². The molecule has 0 unspecified atom stereocenters. The summed E-state index contributed by atoms with van der Waals surface area (Å²) in [6.07, 6.45) is 0.733. The number of rotatable bonds is 7. The predicted octanol–water partition coefficient (Wildman–Crippen LogP) is 2.10. The number of nitro benzene ring substituents is 3. The van der Waals surface area contributed by atoms with Gasteiger partial charge in [-0.05, 0) is 24.3 Å². The van der Waals surface area contributed by atoms with Gasteiger partial charge in [0.2, 0.25) is 0 Å². The van der Waals surface area contributed by atoms with Gasteiger partial charge in [0, 0.05) is 0 Å². The maximum absolute atomic E-state index is 11.1. The molecule has 15 heteroatoms. The summed E-state index contributed by atoms with van der Waals surface area (Å²) in [4.78, 5) is 29.6. The van der Waals surface area contributed by atoms with Gasteiger partial charge in [-0.2, -0.15) is 13.5 Å². The molecule has 0 aromatic heterocycles.